The lowest BCUT2D eigenvalue weighted by molar-refractivity contribution is -0.117. The smallest absolute Gasteiger partial charge is 0.224 e. The van der Waals surface area contributed by atoms with Gasteiger partial charge in [0, 0.05) is 12.1 Å². The number of nitrogens with one attached hydrogen (secondary N) is 1. The molecule has 0 bridgehead atoms. The minimum atomic E-state index is -2.98. The van der Waals surface area contributed by atoms with Crippen LogP contribution < -0.4 is 10.1 Å². The number of halogens is 1. The van der Waals surface area contributed by atoms with Crippen molar-refractivity contribution < 1.29 is 17.9 Å². The molecule has 1 unspecified atom stereocenters. The second kappa shape index (κ2) is 6.66. The summed E-state index contributed by atoms with van der Waals surface area (Å²) < 4.78 is 28.1. The summed E-state index contributed by atoms with van der Waals surface area (Å²) in [6, 6.07) is 4.97. The van der Waals surface area contributed by atoms with Crippen molar-refractivity contribution in [3.8, 4) is 5.75 Å². The Hall–Kier alpha value is -1.27. The van der Waals surface area contributed by atoms with Gasteiger partial charge in [0.15, 0.2) is 9.84 Å². The molecule has 7 heteroatoms. The lowest BCUT2D eigenvalue weighted by atomic mass is 10.0. The Morgan fingerprint density at radius 2 is 2.24 bits per heavy atom. The molecule has 1 amide bonds. The summed E-state index contributed by atoms with van der Waals surface area (Å²) in [5.74, 6) is 0.576. The molecule has 0 aliphatic carbocycles. The number of carbonyl (C=O) groups is 1. The van der Waals surface area contributed by atoms with Gasteiger partial charge < -0.3 is 10.1 Å². The number of hydrogen-bond donors (Lipinski definition) is 1. The Morgan fingerprint density at radius 3 is 2.86 bits per heavy atom. The fourth-order valence-electron chi connectivity index (χ4n) is 2.50. The highest BCUT2D eigenvalue weighted by atomic mass is 35.5. The molecule has 21 heavy (non-hydrogen) atoms. The second-order valence-corrected chi connectivity index (χ2v) is 7.86. The van der Waals surface area contributed by atoms with Gasteiger partial charge in [-0.05, 0) is 37.0 Å². The molecule has 0 saturated carbocycles. The lowest BCUT2D eigenvalue weighted by Crippen LogP contribution is -2.28. The maximum atomic E-state index is 12.0. The molecule has 0 spiro atoms. The molecule has 2 rings (SSSR count). The third kappa shape index (κ3) is 4.61. The number of sulfone groups is 1. The van der Waals surface area contributed by atoms with Gasteiger partial charge in [-0.25, -0.2) is 8.42 Å². The first-order valence-corrected chi connectivity index (χ1v) is 8.93. The highest BCUT2D eigenvalue weighted by Gasteiger charge is 2.26. The lowest BCUT2D eigenvalue weighted by Gasteiger charge is -2.21. The van der Waals surface area contributed by atoms with Crippen LogP contribution >= 0.6 is 11.6 Å². The topological polar surface area (TPSA) is 72.5 Å². The Morgan fingerprint density at radius 1 is 1.48 bits per heavy atom. The molecule has 1 aliphatic rings. The van der Waals surface area contributed by atoms with E-state index in [0.29, 0.717) is 22.9 Å². The molecule has 1 fully saturated rings. The zero-order chi connectivity index (χ0) is 15.5. The van der Waals surface area contributed by atoms with E-state index < -0.39 is 9.84 Å². The van der Waals surface area contributed by atoms with Crippen LogP contribution in [0.3, 0.4) is 0 Å². The fraction of sp³-hybridized carbons (Fsp3) is 0.500. The number of rotatable bonds is 4. The highest BCUT2D eigenvalue weighted by molar-refractivity contribution is 7.91. The molecule has 1 atom stereocenters. The molecule has 0 radical (unpaired) electrons. The average Bonchev–Trinajstić information content (AvgIpc) is 2.37. The van der Waals surface area contributed by atoms with Crippen molar-refractivity contribution in [1.82, 2.24) is 0 Å². The van der Waals surface area contributed by atoms with Crippen molar-refractivity contribution in [3.63, 3.8) is 0 Å². The van der Waals surface area contributed by atoms with E-state index in [9.17, 15) is 13.2 Å². The number of benzene rings is 1. The molecule has 5 nitrogen and oxygen atoms in total. The molecule has 0 aromatic heterocycles. The number of hydrogen-bond acceptors (Lipinski definition) is 4. The minimum Gasteiger partial charge on any atom is -0.495 e. The third-order valence-corrected chi connectivity index (χ3v) is 5.65. The summed E-state index contributed by atoms with van der Waals surface area (Å²) in [6.45, 7) is 0. The van der Waals surface area contributed by atoms with E-state index in [-0.39, 0.29) is 29.8 Å². The van der Waals surface area contributed by atoms with Gasteiger partial charge in [-0.1, -0.05) is 11.6 Å². The first-order valence-electron chi connectivity index (χ1n) is 6.73. The van der Waals surface area contributed by atoms with Gasteiger partial charge >= 0.3 is 0 Å². The Balaban J connectivity index is 1.94. The standard InChI is InChI=1S/C14H18ClNO4S/c1-20-13-5-4-11(8-12(13)15)16-14(17)7-10-3-2-6-21(18,19)9-10/h4-5,8,10H,2-3,6-7,9H2,1H3,(H,16,17). The number of methoxy groups -OCH3 is 1. The molecular weight excluding hydrogens is 314 g/mol. The van der Waals surface area contributed by atoms with E-state index in [4.69, 9.17) is 16.3 Å². The van der Waals surface area contributed by atoms with E-state index in [1.54, 1.807) is 18.2 Å². The summed E-state index contributed by atoms with van der Waals surface area (Å²) in [5, 5.41) is 3.15. The van der Waals surface area contributed by atoms with Crippen LogP contribution in [-0.4, -0.2) is 32.9 Å². The predicted octanol–water partition coefficient (Wildman–Crippen LogP) is 2.50. The van der Waals surface area contributed by atoms with Gasteiger partial charge in [-0.3, -0.25) is 4.79 Å². The first-order chi connectivity index (χ1) is 9.89. The molecule has 1 aromatic rings. The zero-order valence-corrected chi connectivity index (χ0v) is 13.3. The molecule has 1 aliphatic heterocycles. The summed E-state index contributed by atoms with van der Waals surface area (Å²) in [7, 11) is -1.47. The largest absolute Gasteiger partial charge is 0.495 e. The third-order valence-electron chi connectivity index (χ3n) is 3.47. The molecule has 1 heterocycles. The molecule has 1 N–H and O–H groups in total. The Bertz CT molecular complexity index is 630. The fourth-order valence-corrected chi connectivity index (χ4v) is 4.53. The second-order valence-electron chi connectivity index (χ2n) is 5.22. The monoisotopic (exact) mass is 331 g/mol. The number of anilines is 1. The number of amides is 1. The quantitative estimate of drug-likeness (QED) is 0.920. The van der Waals surface area contributed by atoms with Crippen molar-refractivity contribution in [3.05, 3.63) is 23.2 Å². The van der Waals surface area contributed by atoms with Crippen molar-refractivity contribution in [2.45, 2.75) is 19.3 Å². The normalized spacial score (nSPS) is 20.8. The van der Waals surface area contributed by atoms with Crippen LogP contribution in [0.4, 0.5) is 5.69 Å². The minimum absolute atomic E-state index is 0.0996. The van der Waals surface area contributed by atoms with Crippen molar-refractivity contribution >= 4 is 33.0 Å². The summed E-state index contributed by atoms with van der Waals surface area (Å²) in [5.41, 5.74) is 0.574. The van der Waals surface area contributed by atoms with Gasteiger partial charge in [0.05, 0.1) is 23.6 Å². The van der Waals surface area contributed by atoms with E-state index in [1.165, 1.54) is 7.11 Å². The molecular formula is C14H18ClNO4S. The zero-order valence-electron chi connectivity index (χ0n) is 11.8. The Kier molecular flexibility index (Phi) is 5.11. The van der Waals surface area contributed by atoms with Crippen molar-refractivity contribution in [1.29, 1.82) is 0 Å². The maximum Gasteiger partial charge on any atom is 0.224 e. The summed E-state index contributed by atoms with van der Waals surface area (Å²) in [6.07, 6.45) is 1.62. The highest BCUT2D eigenvalue weighted by Crippen LogP contribution is 2.28. The first kappa shape index (κ1) is 16.1. The van der Waals surface area contributed by atoms with Crippen LogP contribution in [0.2, 0.25) is 5.02 Å². The van der Waals surface area contributed by atoms with Gasteiger partial charge in [0.25, 0.3) is 0 Å². The van der Waals surface area contributed by atoms with E-state index in [1.807, 2.05) is 0 Å². The summed E-state index contributed by atoms with van der Waals surface area (Å²) >= 11 is 5.99. The van der Waals surface area contributed by atoms with Crippen LogP contribution in [0.25, 0.3) is 0 Å². The number of carbonyl (C=O) groups excluding carboxylic acids is 1. The number of ether oxygens (including phenoxy) is 1. The van der Waals surface area contributed by atoms with Crippen LogP contribution in [0.5, 0.6) is 5.75 Å². The van der Waals surface area contributed by atoms with E-state index >= 15 is 0 Å². The molecule has 1 aromatic carbocycles. The van der Waals surface area contributed by atoms with Crippen molar-refractivity contribution in [2.75, 3.05) is 23.9 Å². The van der Waals surface area contributed by atoms with E-state index in [0.717, 1.165) is 6.42 Å². The summed E-state index contributed by atoms with van der Waals surface area (Å²) in [4.78, 5) is 12.0. The molecule has 116 valence electrons. The van der Waals surface area contributed by atoms with Crippen LogP contribution in [-0.2, 0) is 14.6 Å². The van der Waals surface area contributed by atoms with Crippen LogP contribution in [0, 0.1) is 5.92 Å². The predicted molar refractivity (Wildman–Crippen MR) is 82.6 cm³/mol. The van der Waals surface area contributed by atoms with Crippen molar-refractivity contribution in [2.24, 2.45) is 5.92 Å². The van der Waals surface area contributed by atoms with Gasteiger partial charge in [0.1, 0.15) is 5.75 Å². The van der Waals surface area contributed by atoms with Gasteiger partial charge in [-0.2, -0.15) is 0 Å². The average molecular weight is 332 g/mol. The van der Waals surface area contributed by atoms with Crippen LogP contribution in [0.1, 0.15) is 19.3 Å². The van der Waals surface area contributed by atoms with Gasteiger partial charge in [0.2, 0.25) is 5.91 Å². The van der Waals surface area contributed by atoms with Gasteiger partial charge in [-0.15, -0.1) is 0 Å². The maximum absolute atomic E-state index is 12.0. The Labute approximate surface area is 129 Å². The van der Waals surface area contributed by atoms with E-state index in [2.05, 4.69) is 5.32 Å². The van der Waals surface area contributed by atoms with Crippen LogP contribution in [0.15, 0.2) is 18.2 Å². The molecule has 1 saturated heterocycles. The SMILES string of the molecule is COc1ccc(NC(=O)CC2CCCS(=O)(=O)C2)cc1Cl.